The molecule has 0 atom stereocenters. The molecule has 0 spiro atoms. The number of carboxylic acid groups (broad SMARTS) is 1. The summed E-state index contributed by atoms with van der Waals surface area (Å²) in [7, 11) is -4.12. The van der Waals surface area contributed by atoms with Crippen molar-refractivity contribution < 1.29 is 32.2 Å². The van der Waals surface area contributed by atoms with E-state index in [4.69, 9.17) is 4.74 Å². The molecule has 1 saturated heterocycles. The molecule has 0 unspecified atom stereocenters. The van der Waals surface area contributed by atoms with Gasteiger partial charge in [-0.3, -0.25) is 9.52 Å². The zero-order chi connectivity index (χ0) is 23.5. The summed E-state index contributed by atoms with van der Waals surface area (Å²) in [6.07, 6.45) is 1.07. The van der Waals surface area contributed by atoms with Crippen molar-refractivity contribution in [2.24, 2.45) is 5.92 Å². The Balaban J connectivity index is 1.82. The van der Waals surface area contributed by atoms with Crippen LogP contribution in [0.1, 0.15) is 35.7 Å². The third-order valence-corrected chi connectivity index (χ3v) is 6.90. The zero-order valence-electron chi connectivity index (χ0n) is 17.8. The third-order valence-electron chi connectivity index (χ3n) is 5.37. The van der Waals surface area contributed by atoms with Gasteiger partial charge in [0.15, 0.2) is 0 Å². The lowest BCUT2D eigenvalue weighted by atomic mass is 9.96. The molecule has 1 fully saturated rings. The molecular formula is C22H25FN2O6S. The van der Waals surface area contributed by atoms with Gasteiger partial charge < -0.3 is 14.7 Å². The highest BCUT2D eigenvalue weighted by Gasteiger charge is 2.28. The van der Waals surface area contributed by atoms with E-state index < -0.39 is 21.8 Å². The number of ether oxygens (including phenoxy) is 1. The zero-order valence-corrected chi connectivity index (χ0v) is 18.6. The van der Waals surface area contributed by atoms with E-state index in [1.165, 1.54) is 24.3 Å². The van der Waals surface area contributed by atoms with Crippen molar-refractivity contribution in [3.05, 3.63) is 53.3 Å². The first-order valence-electron chi connectivity index (χ1n) is 10.2. The van der Waals surface area contributed by atoms with E-state index in [2.05, 4.69) is 4.72 Å². The SMILES string of the molecule is CCOC(=O)C1CCN(c2ccc(NS(=O)(=O)c3cc(F)ccc3C)cc2C(=O)O)CC1. The van der Waals surface area contributed by atoms with Crippen LogP contribution < -0.4 is 9.62 Å². The van der Waals surface area contributed by atoms with Gasteiger partial charge in [0, 0.05) is 18.8 Å². The number of aromatic carboxylic acids is 1. The number of benzene rings is 2. The van der Waals surface area contributed by atoms with Gasteiger partial charge in [-0.25, -0.2) is 17.6 Å². The first kappa shape index (κ1) is 23.5. The van der Waals surface area contributed by atoms with Gasteiger partial charge in [-0.2, -0.15) is 0 Å². The molecule has 10 heteroatoms. The Morgan fingerprint density at radius 2 is 1.88 bits per heavy atom. The van der Waals surface area contributed by atoms with Gasteiger partial charge in [0.1, 0.15) is 5.82 Å². The summed E-state index contributed by atoms with van der Waals surface area (Å²) in [6.45, 7) is 4.54. The Labute approximate surface area is 186 Å². The standard InChI is InChI=1S/C22H25FN2O6S/c1-3-31-22(28)15-8-10-25(11-9-15)19-7-6-17(13-18(19)21(26)27)24-32(29,30)20-12-16(23)5-4-14(20)2/h4-7,12-13,15,24H,3,8-11H2,1-2H3,(H,26,27). The van der Waals surface area contributed by atoms with E-state index in [0.717, 1.165) is 12.1 Å². The average Bonchev–Trinajstić information content (AvgIpc) is 2.75. The number of carboxylic acids is 1. The Bertz CT molecular complexity index is 1130. The lowest BCUT2D eigenvalue weighted by molar-refractivity contribution is -0.148. The molecule has 2 aromatic carbocycles. The second-order valence-corrected chi connectivity index (χ2v) is 9.22. The highest BCUT2D eigenvalue weighted by Crippen LogP contribution is 2.30. The van der Waals surface area contributed by atoms with Crippen LogP contribution in [0.25, 0.3) is 0 Å². The fraction of sp³-hybridized carbons (Fsp3) is 0.364. The number of hydrogen-bond acceptors (Lipinski definition) is 6. The summed E-state index contributed by atoms with van der Waals surface area (Å²) in [5, 5.41) is 9.70. The topological polar surface area (TPSA) is 113 Å². The number of hydrogen-bond donors (Lipinski definition) is 2. The summed E-state index contributed by atoms with van der Waals surface area (Å²) >= 11 is 0. The summed E-state index contributed by atoms with van der Waals surface area (Å²) in [4.78, 5) is 25.4. The van der Waals surface area contributed by atoms with Gasteiger partial charge in [0.2, 0.25) is 0 Å². The number of esters is 1. The first-order chi connectivity index (χ1) is 15.1. The number of anilines is 2. The molecule has 0 bridgehead atoms. The molecule has 172 valence electrons. The molecule has 8 nitrogen and oxygen atoms in total. The molecule has 32 heavy (non-hydrogen) atoms. The van der Waals surface area contributed by atoms with E-state index in [0.29, 0.717) is 43.8 Å². The Morgan fingerprint density at radius 3 is 2.50 bits per heavy atom. The van der Waals surface area contributed by atoms with Gasteiger partial charge in [0.05, 0.1) is 28.7 Å². The molecule has 0 aromatic heterocycles. The quantitative estimate of drug-likeness (QED) is 0.604. The van der Waals surface area contributed by atoms with Crippen LogP contribution >= 0.6 is 0 Å². The minimum atomic E-state index is -4.12. The van der Waals surface area contributed by atoms with Gasteiger partial charge in [-0.1, -0.05) is 6.07 Å². The molecule has 3 rings (SSSR count). The summed E-state index contributed by atoms with van der Waals surface area (Å²) in [6, 6.07) is 7.67. The smallest absolute Gasteiger partial charge is 0.337 e. The van der Waals surface area contributed by atoms with Crippen LogP contribution in [0, 0.1) is 18.7 Å². The molecule has 1 aliphatic heterocycles. The number of aryl methyl sites for hydroxylation is 1. The fourth-order valence-corrected chi connectivity index (χ4v) is 5.04. The maximum absolute atomic E-state index is 13.6. The highest BCUT2D eigenvalue weighted by molar-refractivity contribution is 7.92. The van der Waals surface area contributed by atoms with Gasteiger partial charge in [-0.15, -0.1) is 0 Å². The number of sulfonamides is 1. The summed E-state index contributed by atoms with van der Waals surface area (Å²) in [5.74, 6) is -2.37. The largest absolute Gasteiger partial charge is 0.478 e. The highest BCUT2D eigenvalue weighted by atomic mass is 32.2. The summed E-state index contributed by atoms with van der Waals surface area (Å²) in [5.41, 5.74) is 0.773. The molecule has 2 N–H and O–H groups in total. The maximum atomic E-state index is 13.6. The van der Waals surface area contributed by atoms with Crippen LogP contribution in [0.2, 0.25) is 0 Å². The Kier molecular flexibility index (Phi) is 7.02. The number of piperidine rings is 1. The molecule has 1 aliphatic rings. The maximum Gasteiger partial charge on any atom is 0.337 e. The van der Waals surface area contributed by atoms with Crippen LogP contribution in [-0.2, 0) is 19.6 Å². The van der Waals surface area contributed by atoms with Crippen molar-refractivity contribution in [1.82, 2.24) is 0 Å². The predicted octanol–water partition coefficient (Wildman–Crippen LogP) is 3.41. The fourth-order valence-electron chi connectivity index (χ4n) is 3.74. The lowest BCUT2D eigenvalue weighted by Gasteiger charge is -2.33. The Hall–Kier alpha value is -3.14. The van der Waals surface area contributed by atoms with Crippen molar-refractivity contribution >= 4 is 33.3 Å². The van der Waals surface area contributed by atoms with Crippen molar-refractivity contribution in [2.45, 2.75) is 31.6 Å². The van der Waals surface area contributed by atoms with Gasteiger partial charge >= 0.3 is 11.9 Å². The van der Waals surface area contributed by atoms with E-state index in [1.54, 1.807) is 13.8 Å². The Morgan fingerprint density at radius 1 is 1.19 bits per heavy atom. The number of nitrogens with zero attached hydrogens (tertiary/aromatic N) is 1. The van der Waals surface area contributed by atoms with Crippen molar-refractivity contribution in [3.8, 4) is 0 Å². The third kappa shape index (κ3) is 5.18. The number of carbonyl (C=O) groups is 2. The monoisotopic (exact) mass is 464 g/mol. The second-order valence-electron chi connectivity index (χ2n) is 7.57. The number of halogens is 1. The van der Waals surface area contributed by atoms with Crippen molar-refractivity contribution in [2.75, 3.05) is 29.3 Å². The van der Waals surface area contributed by atoms with E-state index in [1.807, 2.05) is 4.90 Å². The summed E-state index contributed by atoms with van der Waals surface area (Å²) < 4.78 is 46.4. The number of carbonyl (C=O) groups excluding carboxylic acids is 1. The molecule has 0 saturated carbocycles. The normalized spacial score (nSPS) is 14.8. The van der Waals surface area contributed by atoms with Gasteiger partial charge in [-0.05, 0) is 62.6 Å². The minimum Gasteiger partial charge on any atom is -0.478 e. The van der Waals surface area contributed by atoms with Crippen LogP contribution in [0.15, 0.2) is 41.3 Å². The molecule has 0 radical (unpaired) electrons. The lowest BCUT2D eigenvalue weighted by Crippen LogP contribution is -2.37. The number of rotatable bonds is 7. The second kappa shape index (κ2) is 9.56. The van der Waals surface area contributed by atoms with Crippen LogP contribution in [0.4, 0.5) is 15.8 Å². The minimum absolute atomic E-state index is 0.0521. The molecular weight excluding hydrogens is 439 g/mol. The average molecular weight is 465 g/mol. The molecule has 2 aromatic rings. The van der Waals surface area contributed by atoms with Crippen molar-refractivity contribution in [3.63, 3.8) is 0 Å². The number of nitrogens with one attached hydrogen (secondary N) is 1. The molecule has 1 heterocycles. The molecule has 0 amide bonds. The van der Waals surface area contributed by atoms with Crippen molar-refractivity contribution in [1.29, 1.82) is 0 Å². The predicted molar refractivity (Wildman–Crippen MR) is 117 cm³/mol. The van der Waals surface area contributed by atoms with Gasteiger partial charge in [0.25, 0.3) is 10.0 Å². The van der Waals surface area contributed by atoms with Crippen LogP contribution in [0.5, 0.6) is 0 Å². The molecule has 0 aliphatic carbocycles. The first-order valence-corrected chi connectivity index (χ1v) is 11.7. The van der Waals surface area contributed by atoms with E-state index in [9.17, 15) is 27.5 Å². The van der Waals surface area contributed by atoms with Crippen LogP contribution in [0.3, 0.4) is 0 Å². The van der Waals surface area contributed by atoms with Crippen LogP contribution in [-0.4, -0.2) is 45.2 Å². The van der Waals surface area contributed by atoms with E-state index in [-0.39, 0.29) is 28.0 Å². The van der Waals surface area contributed by atoms with E-state index >= 15 is 0 Å².